The first-order chi connectivity index (χ1) is 19.2. The molecule has 0 aliphatic heterocycles. The maximum atomic E-state index is 14.0. The van der Waals surface area contributed by atoms with E-state index in [1.54, 1.807) is 55.5 Å². The fourth-order valence-corrected chi connectivity index (χ4v) is 5.78. The first-order valence-electron chi connectivity index (χ1n) is 13.1. The van der Waals surface area contributed by atoms with E-state index in [1.165, 1.54) is 29.2 Å². The number of nitrogens with one attached hydrogen (secondary N) is 1. The van der Waals surface area contributed by atoms with Crippen molar-refractivity contribution in [3.05, 3.63) is 88.4 Å². The van der Waals surface area contributed by atoms with Gasteiger partial charge in [0.2, 0.25) is 11.8 Å². The Kier molecular flexibility index (Phi) is 10.7. The van der Waals surface area contributed by atoms with Gasteiger partial charge in [-0.2, -0.15) is 0 Å². The van der Waals surface area contributed by atoms with Crippen LogP contribution >= 0.6 is 23.2 Å². The van der Waals surface area contributed by atoms with E-state index in [9.17, 15) is 18.0 Å². The highest BCUT2D eigenvalue weighted by atomic mass is 35.5. The molecule has 0 fully saturated rings. The van der Waals surface area contributed by atoms with Crippen LogP contribution in [0.15, 0.2) is 77.7 Å². The Bertz CT molecular complexity index is 1460. The molecule has 0 radical (unpaired) electrons. The molecule has 8 nitrogen and oxygen atoms in total. The molecule has 0 bridgehead atoms. The number of hydrogen-bond acceptors (Lipinski definition) is 5. The number of anilines is 1. The number of nitrogens with zero attached hydrogens (tertiary/aromatic N) is 2. The largest absolute Gasteiger partial charge is 0.494 e. The molecule has 0 aliphatic carbocycles. The minimum absolute atomic E-state index is 0.0379. The number of halogens is 2. The number of amides is 2. The van der Waals surface area contributed by atoms with E-state index >= 15 is 0 Å². The van der Waals surface area contributed by atoms with Crippen molar-refractivity contribution in [3.63, 3.8) is 0 Å². The fourth-order valence-electron chi connectivity index (χ4n) is 4.03. The maximum absolute atomic E-state index is 14.0. The van der Waals surface area contributed by atoms with Gasteiger partial charge >= 0.3 is 0 Å². The Balaban J connectivity index is 2.04. The Morgan fingerprint density at radius 2 is 1.59 bits per heavy atom. The summed E-state index contributed by atoms with van der Waals surface area (Å²) in [5, 5.41) is 3.75. The van der Waals surface area contributed by atoms with Crippen molar-refractivity contribution in [2.75, 3.05) is 17.5 Å². The zero-order valence-electron chi connectivity index (χ0n) is 23.7. The first kappa shape index (κ1) is 32.2. The number of benzene rings is 3. The van der Waals surface area contributed by atoms with Crippen LogP contribution in [0.25, 0.3) is 0 Å². The molecule has 0 saturated heterocycles. The Labute approximate surface area is 252 Å². The monoisotopic (exact) mass is 619 g/mol. The number of hydrogen-bond donors (Lipinski definition) is 1. The second-order valence-corrected chi connectivity index (χ2v) is 13.2. The minimum atomic E-state index is -4.21. The van der Waals surface area contributed by atoms with Gasteiger partial charge in [0.15, 0.2) is 0 Å². The number of sulfonamides is 1. The lowest BCUT2D eigenvalue weighted by Crippen LogP contribution is -2.54. The predicted octanol–water partition coefficient (Wildman–Crippen LogP) is 5.92. The third-order valence-electron chi connectivity index (χ3n) is 6.02. The molecule has 0 saturated carbocycles. The third kappa shape index (κ3) is 8.86. The first-order valence-corrected chi connectivity index (χ1v) is 15.3. The Hall–Kier alpha value is -3.27. The van der Waals surface area contributed by atoms with Crippen molar-refractivity contribution in [2.45, 2.75) is 57.6 Å². The zero-order chi connectivity index (χ0) is 30.4. The van der Waals surface area contributed by atoms with Crippen molar-refractivity contribution < 1.29 is 22.7 Å². The minimum Gasteiger partial charge on any atom is -0.494 e. The molecule has 3 rings (SSSR count). The van der Waals surface area contributed by atoms with E-state index in [0.717, 1.165) is 4.31 Å². The number of carbonyl (C=O) groups excluding carboxylic acids is 2. The van der Waals surface area contributed by atoms with Gasteiger partial charge in [-0.3, -0.25) is 13.9 Å². The summed E-state index contributed by atoms with van der Waals surface area (Å²) in [6.45, 7) is 8.89. The molecule has 1 unspecified atom stereocenters. The molecule has 0 aliphatic rings. The van der Waals surface area contributed by atoms with Crippen LogP contribution in [-0.4, -0.2) is 49.9 Å². The van der Waals surface area contributed by atoms with E-state index in [1.807, 2.05) is 27.7 Å². The maximum Gasteiger partial charge on any atom is 0.264 e. The smallest absolute Gasteiger partial charge is 0.264 e. The number of ether oxygens (including phenoxy) is 1. The summed E-state index contributed by atoms with van der Waals surface area (Å²) in [7, 11) is -4.21. The molecule has 0 aromatic heterocycles. The van der Waals surface area contributed by atoms with Crippen molar-refractivity contribution in [1.29, 1.82) is 0 Å². The van der Waals surface area contributed by atoms with Crippen LogP contribution in [0, 0.1) is 0 Å². The summed E-state index contributed by atoms with van der Waals surface area (Å²) in [6.07, 6.45) is 0. The van der Waals surface area contributed by atoms with E-state index < -0.39 is 34.1 Å². The normalized spacial score (nSPS) is 12.4. The van der Waals surface area contributed by atoms with Gasteiger partial charge in [-0.1, -0.05) is 35.3 Å². The highest BCUT2D eigenvalue weighted by molar-refractivity contribution is 7.92. The molecule has 41 heavy (non-hydrogen) atoms. The zero-order valence-corrected chi connectivity index (χ0v) is 26.1. The molecule has 1 atom stereocenters. The van der Waals surface area contributed by atoms with Crippen LogP contribution in [0.2, 0.25) is 10.0 Å². The third-order valence-corrected chi connectivity index (χ3v) is 8.30. The molecule has 3 aromatic carbocycles. The van der Waals surface area contributed by atoms with Crippen LogP contribution in [-0.2, 0) is 26.2 Å². The highest BCUT2D eigenvalue weighted by Gasteiger charge is 2.33. The van der Waals surface area contributed by atoms with Crippen LogP contribution < -0.4 is 14.4 Å². The highest BCUT2D eigenvalue weighted by Crippen LogP contribution is 2.27. The molecular weight excluding hydrogens is 585 g/mol. The molecule has 2 amide bonds. The van der Waals surface area contributed by atoms with Crippen molar-refractivity contribution in [2.24, 2.45) is 0 Å². The van der Waals surface area contributed by atoms with E-state index in [4.69, 9.17) is 27.9 Å². The Morgan fingerprint density at radius 3 is 2.15 bits per heavy atom. The molecule has 0 spiro atoms. The lowest BCUT2D eigenvalue weighted by atomic mass is 10.1. The fraction of sp³-hybridized carbons (Fsp3) is 0.333. The van der Waals surface area contributed by atoms with E-state index in [0.29, 0.717) is 28.0 Å². The van der Waals surface area contributed by atoms with Crippen LogP contribution in [0.5, 0.6) is 5.75 Å². The summed E-state index contributed by atoms with van der Waals surface area (Å²) < 4.78 is 34.3. The van der Waals surface area contributed by atoms with E-state index in [-0.39, 0.29) is 23.0 Å². The van der Waals surface area contributed by atoms with Crippen LogP contribution in [0.3, 0.4) is 0 Å². The topological polar surface area (TPSA) is 96.0 Å². The van der Waals surface area contributed by atoms with Gasteiger partial charge in [0.25, 0.3) is 10.0 Å². The van der Waals surface area contributed by atoms with Gasteiger partial charge in [-0.15, -0.1) is 0 Å². The molecular formula is C30H35Cl2N3O5S. The number of rotatable bonds is 11. The van der Waals surface area contributed by atoms with Gasteiger partial charge in [0, 0.05) is 22.1 Å². The summed E-state index contributed by atoms with van der Waals surface area (Å²) >= 11 is 12.2. The van der Waals surface area contributed by atoms with Gasteiger partial charge in [0.05, 0.1) is 17.2 Å². The molecule has 1 N–H and O–H groups in total. The number of carbonyl (C=O) groups is 2. The van der Waals surface area contributed by atoms with Gasteiger partial charge in [-0.25, -0.2) is 8.42 Å². The molecule has 11 heteroatoms. The standard InChI is InChI=1S/C30H35Cl2N3O5S/c1-6-40-26-14-12-25(13-15-26)35(41(38,39)27-16-10-23(31)11-17-27)20-28(36)34(19-22-8-7-9-24(32)18-22)21(2)29(37)33-30(3,4)5/h7-18,21H,6,19-20H2,1-5H3,(H,33,37). The van der Waals surface area contributed by atoms with Crippen LogP contribution in [0.4, 0.5) is 5.69 Å². The second-order valence-electron chi connectivity index (χ2n) is 10.5. The summed E-state index contributed by atoms with van der Waals surface area (Å²) in [5.74, 6) is -0.393. The lowest BCUT2D eigenvalue weighted by Gasteiger charge is -2.33. The van der Waals surface area contributed by atoms with Crippen molar-refractivity contribution >= 4 is 50.7 Å². The lowest BCUT2D eigenvalue weighted by molar-refractivity contribution is -0.140. The summed E-state index contributed by atoms with van der Waals surface area (Å²) in [5.41, 5.74) is 0.406. The average molecular weight is 621 g/mol. The average Bonchev–Trinajstić information content (AvgIpc) is 2.90. The van der Waals surface area contributed by atoms with E-state index in [2.05, 4.69) is 5.32 Å². The quantitative estimate of drug-likeness (QED) is 0.287. The van der Waals surface area contributed by atoms with Crippen molar-refractivity contribution in [1.82, 2.24) is 10.2 Å². The molecule has 220 valence electrons. The second kappa shape index (κ2) is 13.6. The Morgan fingerprint density at radius 1 is 0.951 bits per heavy atom. The predicted molar refractivity (Wildman–Crippen MR) is 163 cm³/mol. The SMILES string of the molecule is CCOc1ccc(N(CC(=O)N(Cc2cccc(Cl)c2)C(C)C(=O)NC(C)(C)C)S(=O)(=O)c2ccc(Cl)cc2)cc1. The van der Waals surface area contributed by atoms with Crippen LogP contribution in [0.1, 0.15) is 40.2 Å². The van der Waals surface area contributed by atoms with Gasteiger partial charge in [-0.05, 0) is 101 Å². The molecule has 3 aromatic rings. The molecule has 0 heterocycles. The van der Waals surface area contributed by atoms with Gasteiger partial charge in [0.1, 0.15) is 18.3 Å². The van der Waals surface area contributed by atoms with Crippen molar-refractivity contribution in [3.8, 4) is 5.75 Å². The summed E-state index contributed by atoms with van der Waals surface area (Å²) in [4.78, 5) is 28.5. The van der Waals surface area contributed by atoms with Gasteiger partial charge < -0.3 is 15.0 Å². The summed E-state index contributed by atoms with van der Waals surface area (Å²) in [6, 6.07) is 18.1.